The molecule has 1 aliphatic heterocycles. The number of hydrogen-bond donors (Lipinski definition) is 0. The van der Waals surface area contributed by atoms with Crippen molar-refractivity contribution in [1.29, 1.82) is 0 Å². The molecular formula is C27H18Cl2N2O3S. The highest BCUT2D eigenvalue weighted by molar-refractivity contribution is 8.18. The Bertz CT molecular complexity index is 1490. The molecule has 0 N–H and O–H groups in total. The van der Waals surface area contributed by atoms with Crippen molar-refractivity contribution in [3.8, 4) is 0 Å². The van der Waals surface area contributed by atoms with Crippen molar-refractivity contribution in [2.24, 2.45) is 0 Å². The number of carbonyl (C=O) groups is 3. The molecular weight excluding hydrogens is 503 g/mol. The van der Waals surface area contributed by atoms with E-state index in [0.29, 0.717) is 22.2 Å². The van der Waals surface area contributed by atoms with E-state index in [0.717, 1.165) is 38.7 Å². The summed E-state index contributed by atoms with van der Waals surface area (Å²) in [5.74, 6) is -0.804. The average molecular weight is 521 g/mol. The highest BCUT2D eigenvalue weighted by Gasteiger charge is 2.36. The Hall–Kier alpha value is -3.32. The number of para-hydroxylation sites is 1. The maximum Gasteiger partial charge on any atom is 0.293 e. The van der Waals surface area contributed by atoms with Crippen LogP contribution >= 0.6 is 35.0 Å². The Balaban J connectivity index is 1.41. The first kappa shape index (κ1) is 23.4. The molecule has 0 bridgehead atoms. The number of imide groups is 1. The van der Waals surface area contributed by atoms with Crippen LogP contribution in [0.3, 0.4) is 0 Å². The zero-order valence-corrected chi connectivity index (χ0v) is 20.6. The van der Waals surface area contributed by atoms with Crippen molar-refractivity contribution in [3.63, 3.8) is 0 Å². The summed E-state index contributed by atoms with van der Waals surface area (Å²) in [5.41, 5.74) is 3.31. The second-order valence-electron chi connectivity index (χ2n) is 8.05. The molecule has 0 unspecified atom stereocenters. The first-order valence-electron chi connectivity index (χ1n) is 10.8. The van der Waals surface area contributed by atoms with E-state index in [2.05, 4.69) is 4.57 Å². The second-order valence-corrected chi connectivity index (χ2v) is 9.92. The third kappa shape index (κ3) is 4.91. The molecule has 1 fully saturated rings. The van der Waals surface area contributed by atoms with Gasteiger partial charge in [0, 0.05) is 44.8 Å². The molecule has 0 radical (unpaired) electrons. The summed E-state index contributed by atoms with van der Waals surface area (Å²) < 4.78 is 2.10. The van der Waals surface area contributed by atoms with E-state index in [4.69, 9.17) is 23.2 Å². The number of nitrogens with zero attached hydrogens (tertiary/aromatic N) is 2. The molecule has 1 saturated heterocycles. The van der Waals surface area contributed by atoms with Gasteiger partial charge in [-0.05, 0) is 65.9 Å². The van der Waals surface area contributed by atoms with Crippen LogP contribution in [0.1, 0.15) is 21.5 Å². The zero-order chi connectivity index (χ0) is 24.5. The lowest BCUT2D eigenvalue weighted by Gasteiger charge is -2.11. The van der Waals surface area contributed by atoms with Crippen molar-refractivity contribution >= 4 is 68.9 Å². The minimum atomic E-state index is -0.475. The van der Waals surface area contributed by atoms with E-state index in [1.807, 2.05) is 54.7 Å². The molecule has 0 atom stereocenters. The van der Waals surface area contributed by atoms with Gasteiger partial charge in [-0.1, -0.05) is 53.5 Å². The lowest BCUT2D eigenvalue weighted by Crippen LogP contribution is -2.33. The molecule has 1 aliphatic rings. The molecule has 0 aliphatic carbocycles. The average Bonchev–Trinajstić information content (AvgIpc) is 3.33. The number of thioether (sulfide) groups is 1. The maximum absolute atomic E-state index is 13.0. The fourth-order valence-electron chi connectivity index (χ4n) is 3.96. The van der Waals surface area contributed by atoms with Gasteiger partial charge in [0.05, 0.1) is 11.4 Å². The van der Waals surface area contributed by atoms with Gasteiger partial charge in [0.15, 0.2) is 5.78 Å². The third-order valence-corrected chi connectivity index (χ3v) is 7.13. The minimum Gasteiger partial charge on any atom is -0.342 e. The summed E-state index contributed by atoms with van der Waals surface area (Å²) in [6, 6.07) is 21.9. The van der Waals surface area contributed by atoms with Gasteiger partial charge in [-0.25, -0.2) is 0 Å². The number of rotatable bonds is 6. The molecule has 0 saturated carbocycles. The number of carbonyl (C=O) groups excluding carboxylic acids is 3. The van der Waals surface area contributed by atoms with Crippen LogP contribution in [0.25, 0.3) is 17.0 Å². The molecule has 2 amide bonds. The Kier molecular flexibility index (Phi) is 6.52. The molecule has 1 aromatic heterocycles. The number of benzene rings is 3. The Labute approximate surface area is 215 Å². The number of Topliss-reactive ketones (excluding diaryl/α,β-unsaturated/α-hetero) is 1. The first-order valence-corrected chi connectivity index (χ1v) is 12.3. The predicted octanol–water partition coefficient (Wildman–Crippen LogP) is 6.92. The van der Waals surface area contributed by atoms with Crippen LogP contribution in [0, 0.1) is 0 Å². The Morgan fingerprint density at radius 3 is 2.26 bits per heavy atom. The quantitative estimate of drug-likeness (QED) is 0.204. The lowest BCUT2D eigenvalue weighted by molar-refractivity contribution is -0.122. The third-order valence-electron chi connectivity index (χ3n) is 5.71. The van der Waals surface area contributed by atoms with E-state index in [1.54, 1.807) is 30.3 Å². The van der Waals surface area contributed by atoms with Gasteiger partial charge < -0.3 is 4.57 Å². The SMILES string of the molecule is O=C(CN1C(=O)S/C(=C\c2cn(Cc3ccc(Cl)cc3)c3ccccc23)C1=O)c1ccc(Cl)cc1. The van der Waals surface area contributed by atoms with Crippen LogP contribution in [0.4, 0.5) is 4.79 Å². The molecule has 35 heavy (non-hydrogen) atoms. The van der Waals surface area contributed by atoms with E-state index in [9.17, 15) is 14.4 Å². The highest BCUT2D eigenvalue weighted by atomic mass is 35.5. The number of halogens is 2. The zero-order valence-electron chi connectivity index (χ0n) is 18.3. The fourth-order valence-corrected chi connectivity index (χ4v) is 5.04. The van der Waals surface area contributed by atoms with Crippen LogP contribution in [0.2, 0.25) is 10.0 Å². The number of fused-ring (bicyclic) bond motifs is 1. The van der Waals surface area contributed by atoms with Crippen LogP contribution in [0.5, 0.6) is 0 Å². The van der Waals surface area contributed by atoms with E-state index in [1.165, 1.54) is 0 Å². The van der Waals surface area contributed by atoms with E-state index in [-0.39, 0.29) is 17.2 Å². The van der Waals surface area contributed by atoms with Gasteiger partial charge in [0.2, 0.25) is 0 Å². The van der Waals surface area contributed by atoms with Crippen molar-refractivity contribution in [2.75, 3.05) is 6.54 Å². The van der Waals surface area contributed by atoms with Crippen molar-refractivity contribution < 1.29 is 14.4 Å². The monoisotopic (exact) mass is 520 g/mol. The number of hydrogen-bond acceptors (Lipinski definition) is 4. The van der Waals surface area contributed by atoms with Gasteiger partial charge in [-0.2, -0.15) is 0 Å². The molecule has 174 valence electrons. The lowest BCUT2D eigenvalue weighted by atomic mass is 10.1. The van der Waals surface area contributed by atoms with Gasteiger partial charge in [0.25, 0.3) is 11.1 Å². The topological polar surface area (TPSA) is 59.4 Å². The highest BCUT2D eigenvalue weighted by Crippen LogP contribution is 2.34. The molecule has 5 rings (SSSR count). The summed E-state index contributed by atoms with van der Waals surface area (Å²) in [5, 5.41) is 1.68. The number of ketones is 1. The smallest absolute Gasteiger partial charge is 0.293 e. The number of amides is 2. The largest absolute Gasteiger partial charge is 0.342 e. The van der Waals surface area contributed by atoms with Crippen LogP contribution in [0.15, 0.2) is 83.9 Å². The van der Waals surface area contributed by atoms with Crippen molar-refractivity contribution in [1.82, 2.24) is 9.47 Å². The van der Waals surface area contributed by atoms with E-state index >= 15 is 0 Å². The van der Waals surface area contributed by atoms with Crippen molar-refractivity contribution in [2.45, 2.75) is 6.54 Å². The molecule has 8 heteroatoms. The summed E-state index contributed by atoms with van der Waals surface area (Å²) in [6.07, 6.45) is 3.68. The van der Waals surface area contributed by atoms with Gasteiger partial charge in [0.1, 0.15) is 0 Å². The predicted molar refractivity (Wildman–Crippen MR) is 141 cm³/mol. The normalized spacial score (nSPS) is 14.9. The number of aromatic nitrogens is 1. The summed E-state index contributed by atoms with van der Waals surface area (Å²) in [4.78, 5) is 39.5. The summed E-state index contributed by atoms with van der Waals surface area (Å²) in [6.45, 7) is 0.310. The van der Waals surface area contributed by atoms with Gasteiger partial charge >= 0.3 is 0 Å². The molecule has 3 aromatic carbocycles. The Morgan fingerprint density at radius 2 is 1.54 bits per heavy atom. The van der Waals surface area contributed by atoms with Gasteiger partial charge in [-0.15, -0.1) is 0 Å². The molecule has 5 nitrogen and oxygen atoms in total. The van der Waals surface area contributed by atoms with Crippen LogP contribution < -0.4 is 0 Å². The first-order chi connectivity index (χ1) is 16.9. The minimum absolute atomic E-state index is 0.285. The Morgan fingerprint density at radius 1 is 0.886 bits per heavy atom. The molecule has 0 spiro atoms. The maximum atomic E-state index is 13.0. The molecule has 4 aromatic rings. The van der Waals surface area contributed by atoms with Crippen LogP contribution in [-0.4, -0.2) is 32.9 Å². The van der Waals surface area contributed by atoms with E-state index < -0.39 is 11.1 Å². The second kappa shape index (κ2) is 9.74. The summed E-state index contributed by atoms with van der Waals surface area (Å²) >= 11 is 12.7. The summed E-state index contributed by atoms with van der Waals surface area (Å²) in [7, 11) is 0. The fraction of sp³-hybridized carbons (Fsp3) is 0.0741. The van der Waals surface area contributed by atoms with Gasteiger partial charge in [-0.3, -0.25) is 19.3 Å². The molecule has 2 heterocycles. The standard InChI is InChI=1S/C27H18Cl2N2O3S/c28-20-9-5-17(6-10-20)14-30-15-19(22-3-1-2-4-23(22)30)13-25-26(33)31(27(34)35-25)16-24(32)18-7-11-21(29)12-8-18/h1-13,15H,14,16H2/b25-13-. The van der Waals surface area contributed by atoms with Crippen LogP contribution in [-0.2, 0) is 11.3 Å². The van der Waals surface area contributed by atoms with Crippen molar-refractivity contribution in [3.05, 3.63) is 111 Å².